The highest BCUT2D eigenvalue weighted by Crippen LogP contribution is 2.27. The Morgan fingerprint density at radius 3 is 2.46 bits per heavy atom. The summed E-state index contributed by atoms with van der Waals surface area (Å²) in [4.78, 5) is 23.4. The number of nitrogens with zero attached hydrogens (tertiary/aromatic N) is 3. The smallest absolute Gasteiger partial charge is 0.272 e. The first kappa shape index (κ1) is 19.7. The topological polar surface area (TPSA) is 67.4 Å². The molecule has 1 aromatic heterocycles. The predicted octanol–water partition coefficient (Wildman–Crippen LogP) is 4.19. The minimum Gasteiger partial charge on any atom is -0.492 e. The number of benzene rings is 1. The number of ether oxygens (including phenoxy) is 1. The van der Waals surface area contributed by atoms with Crippen molar-refractivity contribution in [3.8, 4) is 5.75 Å². The molecule has 1 heterocycles. The number of carbonyl (C=O) groups is 1. The third kappa shape index (κ3) is 5.18. The Hall–Kier alpha value is -2.63. The first-order valence-corrected chi connectivity index (χ1v) is 9.22. The second kappa shape index (κ2) is 9.75. The Kier molecular flexibility index (Phi) is 7.38. The van der Waals surface area contributed by atoms with Crippen molar-refractivity contribution in [1.29, 1.82) is 0 Å². The van der Waals surface area contributed by atoms with E-state index in [0.29, 0.717) is 23.9 Å². The Morgan fingerprint density at radius 1 is 1.12 bits per heavy atom. The number of aryl methyl sites for hydroxylation is 1. The zero-order valence-corrected chi connectivity index (χ0v) is 16.1. The Balaban J connectivity index is 2.28. The maximum atomic E-state index is 12.8. The van der Waals surface area contributed by atoms with Gasteiger partial charge < -0.3 is 15.0 Å². The average Bonchev–Trinajstić information content (AvgIpc) is 2.62. The van der Waals surface area contributed by atoms with Crippen LogP contribution in [0.2, 0.25) is 0 Å². The molecule has 2 aromatic rings. The fraction of sp³-hybridized carbons (Fsp3) is 0.450. The summed E-state index contributed by atoms with van der Waals surface area (Å²) in [5.41, 5.74) is 1.22. The number of rotatable bonds is 9. The van der Waals surface area contributed by atoms with Crippen LogP contribution >= 0.6 is 0 Å². The van der Waals surface area contributed by atoms with Gasteiger partial charge in [0.25, 0.3) is 5.91 Å². The van der Waals surface area contributed by atoms with Gasteiger partial charge in [-0.25, -0.2) is 9.97 Å². The lowest BCUT2D eigenvalue weighted by Gasteiger charge is -2.21. The van der Waals surface area contributed by atoms with E-state index in [0.717, 1.165) is 37.4 Å². The van der Waals surface area contributed by atoms with Gasteiger partial charge in [-0.3, -0.25) is 4.79 Å². The van der Waals surface area contributed by atoms with E-state index in [1.807, 2.05) is 36.1 Å². The largest absolute Gasteiger partial charge is 0.492 e. The molecule has 6 nitrogen and oxygen atoms in total. The molecule has 2 rings (SSSR count). The molecule has 1 amide bonds. The number of amides is 1. The molecular weight excluding hydrogens is 328 g/mol. The van der Waals surface area contributed by atoms with E-state index in [9.17, 15) is 4.79 Å². The van der Waals surface area contributed by atoms with Gasteiger partial charge in [-0.1, -0.05) is 26.0 Å². The highest BCUT2D eigenvalue weighted by Gasteiger charge is 2.17. The lowest BCUT2D eigenvalue weighted by atomic mass is 10.2. The van der Waals surface area contributed by atoms with E-state index in [1.54, 1.807) is 13.0 Å². The lowest BCUT2D eigenvalue weighted by Crippen LogP contribution is -2.33. The number of aromatic nitrogens is 2. The van der Waals surface area contributed by atoms with Crippen LogP contribution in [0.1, 0.15) is 49.9 Å². The van der Waals surface area contributed by atoms with Crippen LogP contribution in [0.15, 0.2) is 30.3 Å². The highest BCUT2D eigenvalue weighted by atomic mass is 16.5. The summed E-state index contributed by atoms with van der Waals surface area (Å²) in [6.07, 6.45) is 1.84. The van der Waals surface area contributed by atoms with Crippen LogP contribution in [0.3, 0.4) is 0 Å². The maximum absolute atomic E-state index is 12.8. The molecule has 0 saturated carbocycles. The summed E-state index contributed by atoms with van der Waals surface area (Å²) in [6.45, 7) is 9.90. The van der Waals surface area contributed by atoms with Crippen molar-refractivity contribution in [3.05, 3.63) is 41.9 Å². The molecule has 0 spiro atoms. The standard InChI is InChI=1S/C20H28N4O2/c1-5-12-24(13-6-2)20(25)17-14-19(22-15(4)21-17)23-16-10-8-9-11-18(16)26-7-3/h8-11,14H,5-7,12-13H2,1-4H3,(H,21,22,23). The molecule has 1 N–H and O–H groups in total. The zero-order chi connectivity index (χ0) is 18.9. The van der Waals surface area contributed by atoms with Gasteiger partial charge in [-0.05, 0) is 38.8 Å². The Labute approximate surface area is 155 Å². The number of para-hydroxylation sites is 2. The molecule has 0 unspecified atom stereocenters. The number of hydrogen-bond donors (Lipinski definition) is 1. The van der Waals surface area contributed by atoms with Gasteiger partial charge in [-0.15, -0.1) is 0 Å². The molecule has 0 fully saturated rings. The van der Waals surface area contributed by atoms with E-state index in [1.165, 1.54) is 0 Å². The fourth-order valence-corrected chi connectivity index (χ4v) is 2.75. The van der Waals surface area contributed by atoms with Crippen molar-refractivity contribution in [2.24, 2.45) is 0 Å². The zero-order valence-electron chi connectivity index (χ0n) is 16.1. The van der Waals surface area contributed by atoms with Gasteiger partial charge in [0.15, 0.2) is 0 Å². The van der Waals surface area contributed by atoms with Crippen molar-refractivity contribution >= 4 is 17.4 Å². The molecule has 140 valence electrons. The summed E-state index contributed by atoms with van der Waals surface area (Å²) < 4.78 is 5.64. The van der Waals surface area contributed by atoms with E-state index in [2.05, 4.69) is 29.1 Å². The summed E-state index contributed by atoms with van der Waals surface area (Å²) >= 11 is 0. The second-order valence-corrected chi connectivity index (χ2v) is 6.03. The molecule has 0 radical (unpaired) electrons. The van der Waals surface area contributed by atoms with Crippen molar-refractivity contribution < 1.29 is 9.53 Å². The monoisotopic (exact) mass is 356 g/mol. The van der Waals surface area contributed by atoms with E-state index < -0.39 is 0 Å². The van der Waals surface area contributed by atoms with E-state index >= 15 is 0 Å². The lowest BCUT2D eigenvalue weighted by molar-refractivity contribution is 0.0749. The SMILES string of the molecule is CCCN(CCC)C(=O)c1cc(Nc2ccccc2OCC)nc(C)n1. The molecule has 0 atom stereocenters. The minimum absolute atomic E-state index is 0.0552. The third-order valence-corrected chi connectivity index (χ3v) is 3.78. The average molecular weight is 356 g/mol. The van der Waals surface area contributed by atoms with Gasteiger partial charge in [-0.2, -0.15) is 0 Å². The summed E-state index contributed by atoms with van der Waals surface area (Å²) in [6, 6.07) is 9.37. The third-order valence-electron chi connectivity index (χ3n) is 3.78. The van der Waals surface area contributed by atoms with Gasteiger partial charge in [0.1, 0.15) is 23.1 Å². The number of carbonyl (C=O) groups excluding carboxylic acids is 1. The number of nitrogens with one attached hydrogen (secondary N) is 1. The van der Waals surface area contributed by atoms with Crippen molar-refractivity contribution in [1.82, 2.24) is 14.9 Å². The number of hydrogen-bond acceptors (Lipinski definition) is 5. The van der Waals surface area contributed by atoms with Gasteiger partial charge >= 0.3 is 0 Å². The molecule has 0 aliphatic carbocycles. The summed E-state index contributed by atoms with van der Waals surface area (Å²) in [5.74, 6) is 1.83. The van der Waals surface area contributed by atoms with Crippen molar-refractivity contribution in [3.63, 3.8) is 0 Å². The van der Waals surface area contributed by atoms with Gasteiger partial charge in [0.2, 0.25) is 0 Å². The fourth-order valence-electron chi connectivity index (χ4n) is 2.75. The number of anilines is 2. The first-order valence-electron chi connectivity index (χ1n) is 9.22. The van der Waals surface area contributed by atoms with Crippen LogP contribution in [-0.4, -0.2) is 40.5 Å². The molecular formula is C20H28N4O2. The molecule has 6 heteroatoms. The molecule has 0 saturated heterocycles. The Morgan fingerprint density at radius 2 is 1.81 bits per heavy atom. The van der Waals surface area contributed by atoms with Crippen LogP contribution in [0, 0.1) is 6.92 Å². The normalized spacial score (nSPS) is 10.5. The van der Waals surface area contributed by atoms with E-state index in [4.69, 9.17) is 4.74 Å². The first-order chi connectivity index (χ1) is 12.6. The quantitative estimate of drug-likeness (QED) is 0.730. The van der Waals surface area contributed by atoms with E-state index in [-0.39, 0.29) is 5.91 Å². The highest BCUT2D eigenvalue weighted by molar-refractivity contribution is 5.93. The van der Waals surface area contributed by atoms with Crippen LogP contribution in [0.25, 0.3) is 0 Å². The van der Waals surface area contributed by atoms with Gasteiger partial charge in [0.05, 0.1) is 12.3 Å². The molecule has 1 aromatic carbocycles. The Bertz CT molecular complexity index is 728. The van der Waals surface area contributed by atoms with Crippen molar-refractivity contribution in [2.75, 3.05) is 25.0 Å². The van der Waals surface area contributed by atoms with Crippen LogP contribution in [0.4, 0.5) is 11.5 Å². The molecule has 26 heavy (non-hydrogen) atoms. The maximum Gasteiger partial charge on any atom is 0.272 e. The van der Waals surface area contributed by atoms with Gasteiger partial charge in [0, 0.05) is 19.2 Å². The van der Waals surface area contributed by atoms with Crippen LogP contribution < -0.4 is 10.1 Å². The van der Waals surface area contributed by atoms with Crippen LogP contribution in [0.5, 0.6) is 5.75 Å². The molecule has 0 aliphatic heterocycles. The summed E-state index contributed by atoms with van der Waals surface area (Å²) in [7, 11) is 0. The van der Waals surface area contributed by atoms with Crippen molar-refractivity contribution in [2.45, 2.75) is 40.5 Å². The van der Waals surface area contributed by atoms with Crippen LogP contribution in [-0.2, 0) is 0 Å². The second-order valence-electron chi connectivity index (χ2n) is 6.03. The molecule has 0 bridgehead atoms. The minimum atomic E-state index is -0.0552. The summed E-state index contributed by atoms with van der Waals surface area (Å²) in [5, 5.41) is 3.25. The molecule has 0 aliphatic rings. The predicted molar refractivity (Wildman–Crippen MR) is 104 cm³/mol.